The van der Waals surface area contributed by atoms with Crippen molar-refractivity contribution in [1.82, 2.24) is 9.97 Å². The first-order valence-corrected chi connectivity index (χ1v) is 6.15. The molecule has 90 valence electrons. The van der Waals surface area contributed by atoms with Crippen molar-refractivity contribution in [3.63, 3.8) is 0 Å². The molecule has 2 unspecified atom stereocenters. The molecule has 1 heterocycles. The molecule has 1 aliphatic rings. The molecular formula is C13H16FN3. The lowest BCUT2D eigenvalue weighted by molar-refractivity contribution is 0.375. The van der Waals surface area contributed by atoms with Gasteiger partial charge in [-0.05, 0) is 25.0 Å². The van der Waals surface area contributed by atoms with E-state index in [1.807, 2.05) is 6.07 Å². The maximum atomic E-state index is 13.6. The third-order valence-electron chi connectivity index (χ3n) is 3.65. The van der Waals surface area contributed by atoms with Crippen molar-refractivity contribution in [3.05, 3.63) is 29.8 Å². The predicted molar refractivity (Wildman–Crippen MR) is 65.2 cm³/mol. The van der Waals surface area contributed by atoms with E-state index in [0.29, 0.717) is 5.52 Å². The number of halogens is 1. The maximum absolute atomic E-state index is 13.6. The highest BCUT2D eigenvalue weighted by Gasteiger charge is 2.26. The molecule has 0 aliphatic heterocycles. The third kappa shape index (κ3) is 1.82. The van der Waals surface area contributed by atoms with Crippen molar-refractivity contribution in [1.29, 1.82) is 0 Å². The Morgan fingerprint density at radius 2 is 2.12 bits per heavy atom. The van der Waals surface area contributed by atoms with E-state index in [0.717, 1.165) is 24.2 Å². The molecule has 0 radical (unpaired) electrons. The second-order valence-electron chi connectivity index (χ2n) is 4.81. The summed E-state index contributed by atoms with van der Waals surface area (Å²) in [6, 6.07) is 5.13. The second-order valence-corrected chi connectivity index (χ2v) is 4.81. The van der Waals surface area contributed by atoms with Gasteiger partial charge in [0.15, 0.2) is 5.82 Å². The number of fused-ring (bicyclic) bond motifs is 1. The molecule has 1 fully saturated rings. The second kappa shape index (κ2) is 4.11. The fraction of sp³-hybridized carbons (Fsp3) is 0.462. The standard InChI is InChI=1S/C13H16FN3/c14-9-5-3-7-11-12(9)17-13(16-11)8-4-1-2-6-10(8)15/h3,5,7-8,10H,1-2,4,6,15H2,(H,16,17). The van der Waals surface area contributed by atoms with Crippen LogP contribution in [0.15, 0.2) is 18.2 Å². The molecule has 0 spiro atoms. The van der Waals surface area contributed by atoms with Crippen molar-refractivity contribution in [2.24, 2.45) is 5.73 Å². The summed E-state index contributed by atoms with van der Waals surface area (Å²) in [5.41, 5.74) is 7.31. The minimum atomic E-state index is -0.269. The fourth-order valence-electron chi connectivity index (χ4n) is 2.69. The van der Waals surface area contributed by atoms with Crippen LogP contribution in [0.3, 0.4) is 0 Å². The van der Waals surface area contributed by atoms with Crippen LogP contribution in [-0.4, -0.2) is 16.0 Å². The first-order chi connectivity index (χ1) is 8.25. The maximum Gasteiger partial charge on any atom is 0.151 e. The Labute approximate surface area is 99.2 Å². The topological polar surface area (TPSA) is 54.7 Å². The number of rotatable bonds is 1. The number of aromatic nitrogens is 2. The number of hydrogen-bond donors (Lipinski definition) is 2. The summed E-state index contributed by atoms with van der Waals surface area (Å²) < 4.78 is 13.6. The normalized spacial score (nSPS) is 25.3. The first-order valence-electron chi connectivity index (χ1n) is 6.15. The summed E-state index contributed by atoms with van der Waals surface area (Å²) in [5.74, 6) is 0.822. The van der Waals surface area contributed by atoms with Gasteiger partial charge in [-0.25, -0.2) is 9.37 Å². The molecule has 1 aromatic heterocycles. The van der Waals surface area contributed by atoms with Crippen LogP contribution in [0.1, 0.15) is 37.4 Å². The number of nitrogens with one attached hydrogen (secondary N) is 1. The van der Waals surface area contributed by atoms with Gasteiger partial charge in [0.05, 0.1) is 5.52 Å². The molecule has 0 bridgehead atoms. The summed E-state index contributed by atoms with van der Waals surface area (Å²) in [6.07, 6.45) is 4.44. The van der Waals surface area contributed by atoms with E-state index in [2.05, 4.69) is 9.97 Å². The summed E-state index contributed by atoms with van der Waals surface area (Å²) >= 11 is 0. The number of benzene rings is 1. The van der Waals surface area contributed by atoms with Crippen LogP contribution < -0.4 is 5.73 Å². The number of imidazole rings is 1. The van der Waals surface area contributed by atoms with E-state index < -0.39 is 0 Å². The highest BCUT2D eigenvalue weighted by Crippen LogP contribution is 2.31. The van der Waals surface area contributed by atoms with E-state index in [4.69, 9.17) is 5.73 Å². The molecule has 1 aromatic carbocycles. The third-order valence-corrected chi connectivity index (χ3v) is 3.65. The quantitative estimate of drug-likeness (QED) is 0.795. The Hall–Kier alpha value is -1.42. The highest BCUT2D eigenvalue weighted by molar-refractivity contribution is 5.75. The van der Waals surface area contributed by atoms with Crippen LogP contribution >= 0.6 is 0 Å². The van der Waals surface area contributed by atoms with Crippen molar-refractivity contribution in [3.8, 4) is 0 Å². The number of nitrogens with two attached hydrogens (primary N) is 1. The van der Waals surface area contributed by atoms with Gasteiger partial charge >= 0.3 is 0 Å². The van der Waals surface area contributed by atoms with Crippen LogP contribution in [0.25, 0.3) is 11.0 Å². The lowest BCUT2D eigenvalue weighted by Gasteiger charge is -2.26. The van der Waals surface area contributed by atoms with E-state index >= 15 is 0 Å². The lowest BCUT2D eigenvalue weighted by Crippen LogP contribution is -2.31. The molecule has 4 heteroatoms. The average molecular weight is 233 g/mol. The summed E-state index contributed by atoms with van der Waals surface area (Å²) in [4.78, 5) is 7.58. The van der Waals surface area contributed by atoms with Gasteiger partial charge in [0, 0.05) is 12.0 Å². The number of para-hydroxylation sites is 1. The van der Waals surface area contributed by atoms with Crippen LogP contribution in [0.5, 0.6) is 0 Å². The molecule has 3 rings (SSSR count). The monoisotopic (exact) mass is 233 g/mol. The van der Waals surface area contributed by atoms with Gasteiger partial charge in [0.25, 0.3) is 0 Å². The Bertz CT molecular complexity index is 534. The van der Waals surface area contributed by atoms with Crippen LogP contribution in [0, 0.1) is 5.82 Å². The molecule has 0 saturated heterocycles. The van der Waals surface area contributed by atoms with Gasteiger partial charge in [-0.3, -0.25) is 0 Å². The fourth-order valence-corrected chi connectivity index (χ4v) is 2.69. The molecule has 3 N–H and O–H groups in total. The van der Waals surface area contributed by atoms with Crippen molar-refractivity contribution < 1.29 is 4.39 Å². The van der Waals surface area contributed by atoms with E-state index in [1.165, 1.54) is 18.9 Å². The highest BCUT2D eigenvalue weighted by atomic mass is 19.1. The molecule has 3 nitrogen and oxygen atoms in total. The van der Waals surface area contributed by atoms with Gasteiger partial charge in [-0.15, -0.1) is 0 Å². The Kier molecular flexibility index (Phi) is 2.59. The minimum Gasteiger partial charge on any atom is -0.342 e. The lowest BCUT2D eigenvalue weighted by atomic mass is 9.84. The van der Waals surface area contributed by atoms with Crippen molar-refractivity contribution >= 4 is 11.0 Å². The number of nitrogens with zero attached hydrogens (tertiary/aromatic N) is 1. The van der Waals surface area contributed by atoms with Crippen LogP contribution in [-0.2, 0) is 0 Å². The number of H-pyrrole nitrogens is 1. The van der Waals surface area contributed by atoms with E-state index in [1.54, 1.807) is 6.07 Å². The molecule has 0 amide bonds. The van der Waals surface area contributed by atoms with E-state index in [-0.39, 0.29) is 17.8 Å². The predicted octanol–water partition coefficient (Wildman–Crippen LogP) is 2.69. The molecule has 2 atom stereocenters. The zero-order chi connectivity index (χ0) is 11.8. The van der Waals surface area contributed by atoms with Gasteiger partial charge in [0.1, 0.15) is 11.3 Å². The Morgan fingerprint density at radius 3 is 2.88 bits per heavy atom. The zero-order valence-electron chi connectivity index (χ0n) is 9.62. The van der Waals surface area contributed by atoms with Crippen LogP contribution in [0.4, 0.5) is 4.39 Å². The van der Waals surface area contributed by atoms with Crippen molar-refractivity contribution in [2.75, 3.05) is 0 Å². The largest absolute Gasteiger partial charge is 0.342 e. The van der Waals surface area contributed by atoms with Gasteiger partial charge < -0.3 is 10.7 Å². The number of aromatic amines is 1. The summed E-state index contributed by atoms with van der Waals surface area (Å²) in [7, 11) is 0. The molecule has 1 aliphatic carbocycles. The molecule has 2 aromatic rings. The molecular weight excluding hydrogens is 217 g/mol. The average Bonchev–Trinajstić information content (AvgIpc) is 2.75. The summed E-state index contributed by atoms with van der Waals surface area (Å²) in [6.45, 7) is 0. The number of hydrogen-bond acceptors (Lipinski definition) is 2. The Morgan fingerprint density at radius 1 is 1.29 bits per heavy atom. The minimum absolute atomic E-state index is 0.146. The van der Waals surface area contributed by atoms with E-state index in [9.17, 15) is 4.39 Å². The summed E-state index contributed by atoms with van der Waals surface area (Å²) in [5, 5.41) is 0. The van der Waals surface area contributed by atoms with Gasteiger partial charge in [-0.1, -0.05) is 18.9 Å². The van der Waals surface area contributed by atoms with Gasteiger partial charge in [-0.2, -0.15) is 0 Å². The molecule has 17 heavy (non-hydrogen) atoms. The Balaban J connectivity index is 2.02. The SMILES string of the molecule is NC1CCCCC1c1nc2c(F)cccc2[nH]1. The van der Waals surface area contributed by atoms with Crippen LogP contribution in [0.2, 0.25) is 0 Å². The molecule has 1 saturated carbocycles. The smallest absolute Gasteiger partial charge is 0.151 e. The van der Waals surface area contributed by atoms with Gasteiger partial charge in [0.2, 0.25) is 0 Å². The first kappa shape index (κ1) is 10.7. The zero-order valence-corrected chi connectivity index (χ0v) is 9.62. The van der Waals surface area contributed by atoms with Crippen molar-refractivity contribution in [2.45, 2.75) is 37.6 Å².